The van der Waals surface area contributed by atoms with E-state index in [1.54, 1.807) is 18.2 Å². The van der Waals surface area contributed by atoms with E-state index in [0.717, 1.165) is 31.5 Å². The minimum Gasteiger partial charge on any atom is -0.317 e. The first-order valence-corrected chi connectivity index (χ1v) is 10.6. The smallest absolute Gasteiger partial charge is 0.294 e. The molecule has 0 aromatic heterocycles. The number of amides is 2. The average molecular weight is 420 g/mol. The summed E-state index contributed by atoms with van der Waals surface area (Å²) in [5.74, 6) is -0.416. The van der Waals surface area contributed by atoms with E-state index in [1.807, 2.05) is 30.3 Å². The van der Waals surface area contributed by atoms with E-state index in [9.17, 15) is 18.0 Å². The molecule has 0 spiro atoms. The zero-order valence-corrected chi connectivity index (χ0v) is 16.9. The SMILES string of the molecule is CC(=O)NNC(=O)C1(c2ccccc2)CCNCC1.O=S(=O)(O)c1ccccc1. The summed E-state index contributed by atoms with van der Waals surface area (Å²) in [5.41, 5.74) is 5.34. The minimum atomic E-state index is -4.00. The van der Waals surface area contributed by atoms with Gasteiger partial charge in [0.2, 0.25) is 11.8 Å². The highest BCUT2D eigenvalue weighted by Gasteiger charge is 2.41. The van der Waals surface area contributed by atoms with Crippen LogP contribution in [-0.2, 0) is 25.1 Å². The first-order chi connectivity index (χ1) is 13.8. The molecule has 0 aliphatic carbocycles. The molecule has 0 bridgehead atoms. The van der Waals surface area contributed by atoms with Crippen molar-refractivity contribution in [1.29, 1.82) is 0 Å². The molecule has 0 atom stereocenters. The first-order valence-electron chi connectivity index (χ1n) is 9.11. The van der Waals surface area contributed by atoms with E-state index in [2.05, 4.69) is 16.2 Å². The predicted molar refractivity (Wildman–Crippen MR) is 108 cm³/mol. The Morgan fingerprint density at radius 1 is 0.931 bits per heavy atom. The third-order valence-electron chi connectivity index (χ3n) is 4.61. The second kappa shape index (κ2) is 10.1. The van der Waals surface area contributed by atoms with E-state index in [-0.39, 0.29) is 16.7 Å². The molecule has 0 unspecified atom stereocenters. The van der Waals surface area contributed by atoms with Gasteiger partial charge >= 0.3 is 0 Å². The molecule has 2 aromatic rings. The van der Waals surface area contributed by atoms with Crippen molar-refractivity contribution < 1.29 is 22.6 Å². The van der Waals surface area contributed by atoms with Crippen LogP contribution in [-0.4, -0.2) is 37.9 Å². The highest BCUT2D eigenvalue weighted by Crippen LogP contribution is 2.33. The van der Waals surface area contributed by atoms with Gasteiger partial charge < -0.3 is 5.32 Å². The zero-order valence-electron chi connectivity index (χ0n) is 16.1. The van der Waals surface area contributed by atoms with E-state index in [4.69, 9.17) is 4.55 Å². The summed E-state index contributed by atoms with van der Waals surface area (Å²) in [4.78, 5) is 23.3. The van der Waals surface area contributed by atoms with E-state index in [1.165, 1.54) is 19.1 Å². The number of benzene rings is 2. The molecule has 1 heterocycles. The van der Waals surface area contributed by atoms with Gasteiger partial charge in [0.1, 0.15) is 0 Å². The molecular formula is C20H25N3O5S. The third kappa shape index (κ3) is 6.38. The van der Waals surface area contributed by atoms with Crippen molar-refractivity contribution in [1.82, 2.24) is 16.2 Å². The van der Waals surface area contributed by atoms with Crippen LogP contribution in [0, 0.1) is 0 Å². The summed E-state index contributed by atoms with van der Waals surface area (Å²) < 4.78 is 29.2. The Labute approximate surface area is 170 Å². The average Bonchev–Trinajstić information content (AvgIpc) is 2.73. The van der Waals surface area contributed by atoms with Gasteiger partial charge in [0, 0.05) is 6.92 Å². The standard InChI is InChI=1S/C14H19N3O2.C6H6O3S/c1-11(18)16-17-13(19)14(7-9-15-10-8-14)12-5-3-2-4-6-12;7-10(8,9)6-4-2-1-3-5-6/h2-6,15H,7-10H2,1H3,(H,16,18)(H,17,19);1-5H,(H,7,8,9). The molecule has 1 fully saturated rings. The van der Waals surface area contributed by atoms with Crippen LogP contribution >= 0.6 is 0 Å². The lowest BCUT2D eigenvalue weighted by Crippen LogP contribution is -2.54. The van der Waals surface area contributed by atoms with Crippen molar-refractivity contribution >= 4 is 21.9 Å². The lowest BCUT2D eigenvalue weighted by molar-refractivity contribution is -0.132. The summed E-state index contributed by atoms with van der Waals surface area (Å²) in [7, 11) is -4.00. The van der Waals surface area contributed by atoms with Gasteiger partial charge in [0.05, 0.1) is 10.3 Å². The van der Waals surface area contributed by atoms with Gasteiger partial charge in [-0.15, -0.1) is 0 Å². The van der Waals surface area contributed by atoms with E-state index < -0.39 is 15.5 Å². The number of hydrogen-bond donors (Lipinski definition) is 4. The van der Waals surface area contributed by atoms with Crippen LogP contribution in [0.2, 0.25) is 0 Å². The summed E-state index contributed by atoms with van der Waals surface area (Å²) in [6.45, 7) is 2.96. The number of hydrogen-bond acceptors (Lipinski definition) is 5. The largest absolute Gasteiger partial charge is 0.317 e. The number of carbonyl (C=O) groups excluding carboxylic acids is 2. The van der Waals surface area contributed by atoms with Gasteiger partial charge in [0.25, 0.3) is 10.1 Å². The molecule has 9 heteroatoms. The maximum absolute atomic E-state index is 12.5. The molecule has 1 saturated heterocycles. The number of hydrazine groups is 1. The molecule has 1 aliphatic rings. The summed E-state index contributed by atoms with van der Waals surface area (Å²) >= 11 is 0. The maximum Gasteiger partial charge on any atom is 0.294 e. The van der Waals surface area contributed by atoms with Crippen molar-refractivity contribution in [3.63, 3.8) is 0 Å². The summed E-state index contributed by atoms with van der Waals surface area (Å²) in [6.07, 6.45) is 1.45. The quantitative estimate of drug-likeness (QED) is 0.440. The third-order valence-corrected chi connectivity index (χ3v) is 5.48. The highest BCUT2D eigenvalue weighted by atomic mass is 32.2. The predicted octanol–water partition coefficient (Wildman–Crippen LogP) is 1.41. The second-order valence-corrected chi connectivity index (χ2v) is 8.04. The topological polar surface area (TPSA) is 125 Å². The van der Waals surface area contributed by atoms with Crippen LogP contribution < -0.4 is 16.2 Å². The number of carbonyl (C=O) groups is 2. The maximum atomic E-state index is 12.5. The van der Waals surface area contributed by atoms with Gasteiger partial charge in [0.15, 0.2) is 0 Å². The fourth-order valence-corrected chi connectivity index (χ4v) is 3.62. The Bertz CT molecular complexity index is 912. The highest BCUT2D eigenvalue weighted by molar-refractivity contribution is 7.85. The van der Waals surface area contributed by atoms with Crippen LogP contribution in [0.1, 0.15) is 25.3 Å². The van der Waals surface area contributed by atoms with Crippen molar-refractivity contribution in [2.24, 2.45) is 0 Å². The molecule has 156 valence electrons. The van der Waals surface area contributed by atoms with Crippen LogP contribution in [0.4, 0.5) is 0 Å². The molecule has 2 aromatic carbocycles. The van der Waals surface area contributed by atoms with Crippen molar-refractivity contribution in [3.05, 3.63) is 66.2 Å². The van der Waals surface area contributed by atoms with E-state index >= 15 is 0 Å². The van der Waals surface area contributed by atoms with E-state index in [0.29, 0.717) is 0 Å². The Kier molecular flexibility index (Phi) is 7.89. The van der Waals surface area contributed by atoms with Crippen molar-refractivity contribution in [2.75, 3.05) is 13.1 Å². The molecule has 2 amide bonds. The van der Waals surface area contributed by atoms with Gasteiger partial charge in [-0.2, -0.15) is 8.42 Å². The monoisotopic (exact) mass is 419 g/mol. The number of piperidine rings is 1. The van der Waals surface area contributed by atoms with Crippen LogP contribution in [0.3, 0.4) is 0 Å². The van der Waals surface area contributed by atoms with Gasteiger partial charge in [-0.1, -0.05) is 48.5 Å². The van der Waals surface area contributed by atoms with Gasteiger partial charge in [-0.25, -0.2) is 0 Å². The Morgan fingerprint density at radius 3 is 1.90 bits per heavy atom. The number of rotatable bonds is 3. The zero-order chi connectivity index (χ0) is 21.3. The molecule has 3 rings (SSSR count). The Hall–Kier alpha value is -2.75. The number of nitrogens with one attached hydrogen (secondary N) is 3. The summed E-state index contributed by atoms with van der Waals surface area (Å²) in [6, 6.07) is 17.2. The fourth-order valence-electron chi connectivity index (χ4n) is 3.11. The Morgan fingerprint density at radius 2 is 1.45 bits per heavy atom. The first kappa shape index (κ1) is 22.5. The molecule has 0 saturated carbocycles. The van der Waals surface area contributed by atoms with Crippen LogP contribution in [0.25, 0.3) is 0 Å². The van der Waals surface area contributed by atoms with Crippen LogP contribution in [0.15, 0.2) is 65.6 Å². The molecule has 0 radical (unpaired) electrons. The normalized spacial score (nSPS) is 15.4. The second-order valence-electron chi connectivity index (χ2n) is 6.62. The minimum absolute atomic E-state index is 0.0741. The molecule has 1 aliphatic heterocycles. The van der Waals surface area contributed by atoms with Gasteiger partial charge in [-0.3, -0.25) is 25.0 Å². The molecule has 4 N–H and O–H groups in total. The lowest BCUT2D eigenvalue weighted by atomic mass is 9.72. The molecule has 29 heavy (non-hydrogen) atoms. The van der Waals surface area contributed by atoms with Crippen LogP contribution in [0.5, 0.6) is 0 Å². The fraction of sp³-hybridized carbons (Fsp3) is 0.300. The summed E-state index contributed by atoms with van der Waals surface area (Å²) in [5, 5.41) is 3.26. The lowest BCUT2D eigenvalue weighted by Gasteiger charge is -2.36. The van der Waals surface area contributed by atoms with Gasteiger partial charge in [-0.05, 0) is 43.6 Å². The van der Waals surface area contributed by atoms with Crippen molar-refractivity contribution in [2.45, 2.75) is 30.1 Å². The Balaban J connectivity index is 0.000000253. The molecule has 8 nitrogen and oxygen atoms in total. The van der Waals surface area contributed by atoms with Crippen molar-refractivity contribution in [3.8, 4) is 0 Å². The molecular weight excluding hydrogens is 394 g/mol.